The van der Waals surface area contributed by atoms with E-state index in [1.54, 1.807) is 18.4 Å². The molecular formula is C14H23N3O2S. The standard InChI is InChI=1S/C14H23N3O2S/c1-10-5-14(2,3)9-17(10)13(18)15-6-11-8-20-12(16-11)7-19-4/h8,10H,5-7,9H2,1-4H3,(H,15,18). The van der Waals surface area contributed by atoms with Gasteiger partial charge in [-0.3, -0.25) is 0 Å². The molecule has 1 aliphatic rings. The number of thiazole rings is 1. The van der Waals surface area contributed by atoms with Crippen molar-refractivity contribution in [3.05, 3.63) is 16.1 Å². The highest BCUT2D eigenvalue weighted by molar-refractivity contribution is 7.09. The number of ether oxygens (including phenoxy) is 1. The zero-order valence-electron chi connectivity index (χ0n) is 12.6. The van der Waals surface area contributed by atoms with Crippen molar-refractivity contribution in [2.75, 3.05) is 13.7 Å². The molecule has 0 aromatic carbocycles. The minimum atomic E-state index is 0.00404. The van der Waals surface area contributed by atoms with E-state index in [9.17, 15) is 4.79 Å². The first kappa shape index (κ1) is 15.3. The van der Waals surface area contributed by atoms with Gasteiger partial charge in [0, 0.05) is 25.1 Å². The van der Waals surface area contributed by atoms with E-state index >= 15 is 0 Å². The highest BCUT2D eigenvalue weighted by Gasteiger charge is 2.37. The monoisotopic (exact) mass is 297 g/mol. The third-order valence-corrected chi connectivity index (χ3v) is 4.40. The van der Waals surface area contributed by atoms with Gasteiger partial charge in [-0.1, -0.05) is 13.8 Å². The van der Waals surface area contributed by atoms with E-state index in [1.807, 2.05) is 10.3 Å². The van der Waals surface area contributed by atoms with Gasteiger partial charge in [-0.2, -0.15) is 0 Å². The topological polar surface area (TPSA) is 54.5 Å². The lowest BCUT2D eigenvalue weighted by atomic mass is 9.91. The van der Waals surface area contributed by atoms with Crippen LogP contribution in [-0.4, -0.2) is 35.6 Å². The van der Waals surface area contributed by atoms with Crippen LogP contribution in [0.2, 0.25) is 0 Å². The van der Waals surface area contributed by atoms with Crippen molar-refractivity contribution in [1.29, 1.82) is 0 Å². The number of methoxy groups -OCH3 is 1. The van der Waals surface area contributed by atoms with Gasteiger partial charge < -0.3 is 15.0 Å². The SMILES string of the molecule is COCc1nc(CNC(=O)N2CC(C)(C)CC2C)cs1. The van der Waals surface area contributed by atoms with Gasteiger partial charge in [-0.05, 0) is 18.8 Å². The molecule has 0 saturated carbocycles. The molecule has 1 aromatic rings. The van der Waals surface area contributed by atoms with Crippen LogP contribution in [0.25, 0.3) is 0 Å². The molecule has 1 atom stereocenters. The maximum atomic E-state index is 12.2. The number of aromatic nitrogens is 1. The Balaban J connectivity index is 1.85. The fourth-order valence-electron chi connectivity index (χ4n) is 2.75. The normalized spacial score (nSPS) is 21.2. The number of rotatable bonds is 4. The summed E-state index contributed by atoms with van der Waals surface area (Å²) < 4.78 is 5.04. The van der Waals surface area contributed by atoms with Crippen molar-refractivity contribution in [2.45, 2.75) is 46.4 Å². The highest BCUT2D eigenvalue weighted by atomic mass is 32.1. The number of likely N-dealkylation sites (tertiary alicyclic amines) is 1. The molecule has 1 fully saturated rings. The molecule has 0 bridgehead atoms. The van der Waals surface area contributed by atoms with Gasteiger partial charge in [0.1, 0.15) is 5.01 Å². The third-order valence-electron chi connectivity index (χ3n) is 3.53. The Kier molecular flexibility index (Phi) is 4.65. The molecule has 0 aliphatic carbocycles. The zero-order chi connectivity index (χ0) is 14.8. The molecule has 1 N–H and O–H groups in total. The zero-order valence-corrected chi connectivity index (χ0v) is 13.4. The van der Waals surface area contributed by atoms with Crippen LogP contribution in [0.1, 0.15) is 37.9 Å². The van der Waals surface area contributed by atoms with Crippen molar-refractivity contribution in [1.82, 2.24) is 15.2 Å². The molecule has 112 valence electrons. The number of amides is 2. The summed E-state index contributed by atoms with van der Waals surface area (Å²) in [6, 6.07) is 0.300. The number of urea groups is 1. The van der Waals surface area contributed by atoms with Crippen molar-refractivity contribution < 1.29 is 9.53 Å². The summed E-state index contributed by atoms with van der Waals surface area (Å²) >= 11 is 1.56. The fourth-order valence-corrected chi connectivity index (χ4v) is 3.51. The Morgan fingerprint density at radius 2 is 2.40 bits per heavy atom. The molecule has 2 rings (SSSR count). The minimum absolute atomic E-state index is 0.00404. The van der Waals surface area contributed by atoms with E-state index in [0.29, 0.717) is 19.2 Å². The Morgan fingerprint density at radius 3 is 3.00 bits per heavy atom. The summed E-state index contributed by atoms with van der Waals surface area (Å²) in [5, 5.41) is 5.86. The first-order chi connectivity index (χ1) is 9.41. The molecule has 20 heavy (non-hydrogen) atoms. The molecule has 6 heteroatoms. The molecule has 2 amide bonds. The van der Waals surface area contributed by atoms with Crippen LogP contribution >= 0.6 is 11.3 Å². The van der Waals surface area contributed by atoms with Gasteiger partial charge in [0.05, 0.1) is 18.8 Å². The van der Waals surface area contributed by atoms with Gasteiger partial charge in [-0.15, -0.1) is 11.3 Å². The molecule has 1 aliphatic heterocycles. The molecule has 1 aromatic heterocycles. The van der Waals surface area contributed by atoms with E-state index in [2.05, 4.69) is 31.1 Å². The minimum Gasteiger partial charge on any atom is -0.378 e. The number of nitrogens with one attached hydrogen (secondary N) is 1. The predicted octanol–water partition coefficient (Wildman–Crippen LogP) is 2.62. The van der Waals surface area contributed by atoms with Crippen LogP contribution in [0.5, 0.6) is 0 Å². The summed E-state index contributed by atoms with van der Waals surface area (Å²) in [7, 11) is 1.65. The van der Waals surface area contributed by atoms with Gasteiger partial charge in [0.25, 0.3) is 0 Å². The quantitative estimate of drug-likeness (QED) is 0.929. The van der Waals surface area contributed by atoms with Crippen LogP contribution in [0.4, 0.5) is 4.79 Å². The molecule has 0 radical (unpaired) electrons. The Labute approximate surface area is 124 Å². The van der Waals surface area contributed by atoms with E-state index in [4.69, 9.17) is 4.74 Å². The molecule has 2 heterocycles. The Morgan fingerprint density at radius 1 is 1.65 bits per heavy atom. The number of nitrogens with zero attached hydrogens (tertiary/aromatic N) is 2. The van der Waals surface area contributed by atoms with Crippen molar-refractivity contribution in [3.63, 3.8) is 0 Å². The summed E-state index contributed by atoms with van der Waals surface area (Å²) in [5.41, 5.74) is 1.10. The predicted molar refractivity (Wildman–Crippen MR) is 79.6 cm³/mol. The van der Waals surface area contributed by atoms with Crippen molar-refractivity contribution in [2.24, 2.45) is 5.41 Å². The summed E-state index contributed by atoms with van der Waals surface area (Å²) in [4.78, 5) is 18.5. The van der Waals surface area contributed by atoms with Crippen molar-refractivity contribution in [3.8, 4) is 0 Å². The molecular weight excluding hydrogens is 274 g/mol. The Hall–Kier alpha value is -1.14. The molecule has 0 spiro atoms. The smallest absolute Gasteiger partial charge is 0.317 e. The maximum absolute atomic E-state index is 12.2. The number of hydrogen-bond acceptors (Lipinski definition) is 4. The van der Waals surface area contributed by atoms with E-state index in [1.165, 1.54) is 0 Å². The number of carbonyl (C=O) groups is 1. The lowest BCUT2D eigenvalue weighted by Gasteiger charge is -2.22. The first-order valence-corrected chi connectivity index (χ1v) is 7.76. The van der Waals surface area contributed by atoms with Crippen LogP contribution < -0.4 is 5.32 Å². The fraction of sp³-hybridized carbons (Fsp3) is 0.714. The van der Waals surface area contributed by atoms with E-state index in [0.717, 1.165) is 23.7 Å². The molecule has 5 nitrogen and oxygen atoms in total. The number of carbonyl (C=O) groups excluding carboxylic acids is 1. The van der Waals surface area contributed by atoms with Crippen molar-refractivity contribution >= 4 is 17.4 Å². The second-order valence-electron chi connectivity index (χ2n) is 6.17. The first-order valence-electron chi connectivity index (χ1n) is 6.88. The van der Waals surface area contributed by atoms with Crippen LogP contribution in [0.3, 0.4) is 0 Å². The van der Waals surface area contributed by atoms with Gasteiger partial charge in [0.2, 0.25) is 0 Å². The van der Waals surface area contributed by atoms with E-state index in [-0.39, 0.29) is 11.4 Å². The summed E-state index contributed by atoms with van der Waals surface area (Å²) in [6.07, 6.45) is 1.05. The maximum Gasteiger partial charge on any atom is 0.317 e. The third kappa shape index (κ3) is 3.70. The second kappa shape index (κ2) is 6.10. The van der Waals surface area contributed by atoms with Gasteiger partial charge in [-0.25, -0.2) is 9.78 Å². The Bertz CT molecular complexity index is 473. The average Bonchev–Trinajstić information content (AvgIpc) is 2.91. The van der Waals surface area contributed by atoms with Crippen LogP contribution in [0, 0.1) is 5.41 Å². The van der Waals surface area contributed by atoms with Gasteiger partial charge >= 0.3 is 6.03 Å². The molecule has 1 unspecified atom stereocenters. The summed E-state index contributed by atoms with van der Waals surface area (Å²) in [6.45, 7) is 8.32. The lowest BCUT2D eigenvalue weighted by molar-refractivity contribution is 0.184. The summed E-state index contributed by atoms with van der Waals surface area (Å²) in [5.74, 6) is 0. The lowest BCUT2D eigenvalue weighted by Crippen LogP contribution is -2.42. The molecule has 1 saturated heterocycles. The average molecular weight is 297 g/mol. The van der Waals surface area contributed by atoms with Crippen LogP contribution in [-0.2, 0) is 17.9 Å². The van der Waals surface area contributed by atoms with E-state index < -0.39 is 0 Å². The largest absolute Gasteiger partial charge is 0.378 e. The number of hydrogen-bond donors (Lipinski definition) is 1. The second-order valence-corrected chi connectivity index (χ2v) is 7.11. The van der Waals surface area contributed by atoms with Gasteiger partial charge in [0.15, 0.2) is 0 Å². The highest BCUT2D eigenvalue weighted by Crippen LogP contribution is 2.33. The van der Waals surface area contributed by atoms with Crippen LogP contribution in [0.15, 0.2) is 5.38 Å².